The molecule has 2 heterocycles. The third kappa shape index (κ3) is 2.96. The Labute approximate surface area is 90.6 Å². The van der Waals surface area contributed by atoms with Crippen molar-refractivity contribution in [2.75, 3.05) is 13.1 Å². The highest BCUT2D eigenvalue weighted by atomic mass is 16.5. The predicted octanol–water partition coefficient (Wildman–Crippen LogP) is 1.42. The van der Waals surface area contributed by atoms with E-state index in [1.807, 2.05) is 17.1 Å². The highest BCUT2D eigenvalue weighted by Crippen LogP contribution is 2.16. The van der Waals surface area contributed by atoms with Gasteiger partial charge in [-0.3, -0.25) is 4.68 Å². The van der Waals surface area contributed by atoms with Crippen LogP contribution in [0.2, 0.25) is 0 Å². The summed E-state index contributed by atoms with van der Waals surface area (Å²) in [7, 11) is 0. The topological polar surface area (TPSA) is 39.1 Å². The lowest BCUT2D eigenvalue weighted by Crippen LogP contribution is -2.19. The lowest BCUT2D eigenvalue weighted by molar-refractivity contribution is 0.187. The Morgan fingerprint density at radius 3 is 3.27 bits per heavy atom. The largest absolute Gasteiger partial charge is 0.487 e. The van der Waals surface area contributed by atoms with E-state index in [9.17, 15) is 0 Å². The third-order valence-electron chi connectivity index (χ3n) is 2.76. The molecule has 15 heavy (non-hydrogen) atoms. The highest BCUT2D eigenvalue weighted by molar-refractivity contribution is 5.12. The van der Waals surface area contributed by atoms with Gasteiger partial charge in [-0.1, -0.05) is 0 Å². The van der Waals surface area contributed by atoms with Crippen LogP contribution in [0.1, 0.15) is 26.2 Å². The van der Waals surface area contributed by atoms with E-state index in [0.717, 1.165) is 38.2 Å². The number of nitrogens with zero attached hydrogens (tertiary/aromatic N) is 2. The molecule has 0 spiro atoms. The van der Waals surface area contributed by atoms with Crippen molar-refractivity contribution in [3.8, 4) is 5.75 Å². The van der Waals surface area contributed by atoms with Gasteiger partial charge < -0.3 is 10.1 Å². The van der Waals surface area contributed by atoms with Gasteiger partial charge in [0, 0.05) is 6.54 Å². The maximum absolute atomic E-state index is 5.89. The molecule has 1 aliphatic rings. The summed E-state index contributed by atoms with van der Waals surface area (Å²) in [4.78, 5) is 0. The lowest BCUT2D eigenvalue weighted by Gasteiger charge is -2.14. The highest BCUT2D eigenvalue weighted by Gasteiger charge is 2.13. The minimum atomic E-state index is 0.356. The third-order valence-corrected chi connectivity index (χ3v) is 2.76. The first-order valence-electron chi connectivity index (χ1n) is 5.78. The SMILES string of the molecule is CCn1cc(OC2CCCNCC2)cn1. The Balaban J connectivity index is 1.89. The molecule has 1 atom stereocenters. The van der Waals surface area contributed by atoms with Crippen molar-refractivity contribution in [1.29, 1.82) is 0 Å². The Hall–Kier alpha value is -1.03. The molecule has 0 aliphatic carbocycles. The second-order valence-electron chi connectivity index (χ2n) is 3.95. The first-order valence-corrected chi connectivity index (χ1v) is 5.78. The summed E-state index contributed by atoms with van der Waals surface area (Å²) >= 11 is 0. The Morgan fingerprint density at radius 1 is 1.53 bits per heavy atom. The monoisotopic (exact) mass is 209 g/mol. The molecule has 1 fully saturated rings. The molecule has 4 nitrogen and oxygen atoms in total. The van der Waals surface area contributed by atoms with Crippen molar-refractivity contribution >= 4 is 0 Å². The molecule has 1 saturated heterocycles. The molecule has 1 aromatic heterocycles. The van der Waals surface area contributed by atoms with Crippen molar-refractivity contribution in [3.05, 3.63) is 12.4 Å². The van der Waals surface area contributed by atoms with Crippen molar-refractivity contribution in [1.82, 2.24) is 15.1 Å². The summed E-state index contributed by atoms with van der Waals surface area (Å²) in [6, 6.07) is 0. The molecule has 0 bridgehead atoms. The van der Waals surface area contributed by atoms with Gasteiger partial charge in [0.25, 0.3) is 0 Å². The van der Waals surface area contributed by atoms with E-state index in [2.05, 4.69) is 17.3 Å². The van der Waals surface area contributed by atoms with E-state index in [1.54, 1.807) is 0 Å². The van der Waals surface area contributed by atoms with Crippen LogP contribution in [0.5, 0.6) is 5.75 Å². The van der Waals surface area contributed by atoms with E-state index >= 15 is 0 Å². The van der Waals surface area contributed by atoms with Gasteiger partial charge in [0.1, 0.15) is 6.10 Å². The van der Waals surface area contributed by atoms with Gasteiger partial charge in [-0.05, 0) is 39.3 Å². The molecule has 1 N–H and O–H groups in total. The molecular formula is C11H19N3O. The van der Waals surface area contributed by atoms with Crippen molar-refractivity contribution in [2.24, 2.45) is 0 Å². The molecule has 1 aromatic rings. The van der Waals surface area contributed by atoms with Gasteiger partial charge in [0.05, 0.1) is 12.4 Å². The van der Waals surface area contributed by atoms with Crippen LogP contribution in [-0.4, -0.2) is 29.0 Å². The van der Waals surface area contributed by atoms with Crippen LogP contribution in [-0.2, 0) is 6.54 Å². The maximum Gasteiger partial charge on any atom is 0.157 e. The Bertz CT molecular complexity index is 290. The number of hydrogen-bond donors (Lipinski definition) is 1. The zero-order valence-electron chi connectivity index (χ0n) is 9.28. The fraction of sp³-hybridized carbons (Fsp3) is 0.727. The molecular weight excluding hydrogens is 190 g/mol. The van der Waals surface area contributed by atoms with Crippen LogP contribution >= 0.6 is 0 Å². The van der Waals surface area contributed by atoms with Gasteiger partial charge in [0.15, 0.2) is 5.75 Å². The molecule has 0 saturated carbocycles. The molecule has 1 aliphatic heterocycles. The summed E-state index contributed by atoms with van der Waals surface area (Å²) in [5.74, 6) is 0.906. The first-order chi connectivity index (χ1) is 7.38. The number of aryl methyl sites for hydroxylation is 1. The average molecular weight is 209 g/mol. The van der Waals surface area contributed by atoms with Gasteiger partial charge >= 0.3 is 0 Å². The number of aromatic nitrogens is 2. The van der Waals surface area contributed by atoms with Crippen LogP contribution in [0.25, 0.3) is 0 Å². The summed E-state index contributed by atoms with van der Waals surface area (Å²) in [6.07, 6.45) is 7.57. The van der Waals surface area contributed by atoms with Crippen LogP contribution in [0.4, 0.5) is 0 Å². The van der Waals surface area contributed by atoms with Gasteiger partial charge in [-0.15, -0.1) is 0 Å². The van der Waals surface area contributed by atoms with Gasteiger partial charge in [-0.2, -0.15) is 5.10 Å². The number of rotatable bonds is 3. The van der Waals surface area contributed by atoms with Gasteiger partial charge in [-0.25, -0.2) is 0 Å². The van der Waals surface area contributed by atoms with Crippen molar-refractivity contribution < 1.29 is 4.74 Å². The van der Waals surface area contributed by atoms with E-state index in [1.165, 1.54) is 6.42 Å². The molecule has 2 rings (SSSR count). The Morgan fingerprint density at radius 2 is 2.47 bits per heavy atom. The fourth-order valence-electron chi connectivity index (χ4n) is 1.88. The van der Waals surface area contributed by atoms with Crippen LogP contribution in [0.15, 0.2) is 12.4 Å². The summed E-state index contributed by atoms with van der Waals surface area (Å²) in [5, 5.41) is 7.58. The number of ether oxygens (including phenoxy) is 1. The van der Waals surface area contributed by atoms with E-state index in [-0.39, 0.29) is 0 Å². The van der Waals surface area contributed by atoms with Crippen molar-refractivity contribution in [3.63, 3.8) is 0 Å². The summed E-state index contributed by atoms with van der Waals surface area (Å²) in [6.45, 7) is 5.16. The quantitative estimate of drug-likeness (QED) is 0.818. The number of hydrogen-bond acceptors (Lipinski definition) is 3. The van der Waals surface area contributed by atoms with E-state index < -0.39 is 0 Å². The van der Waals surface area contributed by atoms with Crippen molar-refractivity contribution in [2.45, 2.75) is 38.8 Å². The second-order valence-corrected chi connectivity index (χ2v) is 3.95. The molecule has 0 aromatic carbocycles. The van der Waals surface area contributed by atoms with Gasteiger partial charge in [0.2, 0.25) is 0 Å². The van der Waals surface area contributed by atoms with E-state index in [0.29, 0.717) is 6.10 Å². The average Bonchev–Trinajstić information content (AvgIpc) is 2.54. The smallest absolute Gasteiger partial charge is 0.157 e. The normalized spacial score (nSPS) is 22.3. The fourth-order valence-corrected chi connectivity index (χ4v) is 1.88. The standard InChI is InChI=1S/C11H19N3O/c1-2-14-9-11(8-13-14)15-10-4-3-6-12-7-5-10/h8-10,12H,2-7H2,1H3. The minimum absolute atomic E-state index is 0.356. The zero-order chi connectivity index (χ0) is 10.5. The maximum atomic E-state index is 5.89. The Kier molecular flexibility index (Phi) is 3.61. The first kappa shape index (κ1) is 10.5. The van der Waals surface area contributed by atoms with Crippen LogP contribution < -0.4 is 10.1 Å². The van der Waals surface area contributed by atoms with Crippen LogP contribution in [0, 0.1) is 0 Å². The predicted molar refractivity (Wildman–Crippen MR) is 59.0 cm³/mol. The molecule has 84 valence electrons. The second kappa shape index (κ2) is 5.16. The molecule has 0 amide bonds. The number of nitrogens with one attached hydrogen (secondary N) is 1. The molecule has 1 unspecified atom stereocenters. The molecule has 4 heteroatoms. The summed E-state index contributed by atoms with van der Waals surface area (Å²) < 4.78 is 7.79. The molecule has 0 radical (unpaired) electrons. The summed E-state index contributed by atoms with van der Waals surface area (Å²) in [5.41, 5.74) is 0. The minimum Gasteiger partial charge on any atom is -0.487 e. The van der Waals surface area contributed by atoms with E-state index in [4.69, 9.17) is 4.74 Å². The lowest BCUT2D eigenvalue weighted by atomic mass is 10.2. The zero-order valence-corrected chi connectivity index (χ0v) is 9.28. The van der Waals surface area contributed by atoms with Crippen LogP contribution in [0.3, 0.4) is 0 Å².